The maximum atomic E-state index is 11.8. The molecule has 0 bridgehead atoms. The number of amides is 1. The van der Waals surface area contributed by atoms with Crippen LogP contribution in [-0.2, 0) is 4.79 Å². The Hall–Kier alpha value is -2.33. The first-order chi connectivity index (χ1) is 10.1. The highest BCUT2D eigenvalue weighted by Gasteiger charge is 2.11. The lowest BCUT2D eigenvalue weighted by molar-refractivity contribution is -0.117. The molecule has 2 rings (SSSR count). The van der Waals surface area contributed by atoms with Crippen molar-refractivity contribution in [3.8, 4) is 11.5 Å². The fourth-order valence-corrected chi connectivity index (χ4v) is 1.86. The first-order valence-electron chi connectivity index (χ1n) is 7.00. The van der Waals surface area contributed by atoms with Gasteiger partial charge in [-0.15, -0.1) is 0 Å². The molecule has 0 saturated carbocycles. The van der Waals surface area contributed by atoms with Crippen LogP contribution in [0, 0.1) is 6.92 Å². The molecular formula is C17H20N2O2. The highest BCUT2D eigenvalue weighted by atomic mass is 16.5. The third kappa shape index (κ3) is 4.07. The normalized spacial score (nSPS) is 11.8. The number of carbonyl (C=O) groups excluding carboxylic acids is 1. The zero-order valence-corrected chi connectivity index (χ0v) is 12.3. The third-order valence-corrected chi connectivity index (χ3v) is 3.20. The van der Waals surface area contributed by atoms with Crippen molar-refractivity contribution in [2.45, 2.75) is 26.3 Å². The summed E-state index contributed by atoms with van der Waals surface area (Å²) >= 11 is 0. The number of benzene rings is 2. The van der Waals surface area contributed by atoms with Gasteiger partial charge in [0.15, 0.2) is 0 Å². The second kappa shape index (κ2) is 6.90. The minimum Gasteiger partial charge on any atom is -0.457 e. The van der Waals surface area contributed by atoms with E-state index in [1.54, 1.807) is 6.07 Å². The van der Waals surface area contributed by atoms with Crippen LogP contribution in [0.15, 0.2) is 48.5 Å². The fraction of sp³-hybridized carbons (Fsp3) is 0.235. The van der Waals surface area contributed by atoms with Gasteiger partial charge in [0.05, 0.1) is 6.04 Å². The quantitative estimate of drug-likeness (QED) is 0.883. The molecule has 0 aliphatic rings. The van der Waals surface area contributed by atoms with Gasteiger partial charge in [0.1, 0.15) is 11.5 Å². The van der Waals surface area contributed by atoms with Crippen LogP contribution in [0.4, 0.5) is 5.69 Å². The summed E-state index contributed by atoms with van der Waals surface area (Å²) in [4.78, 5) is 11.8. The second-order valence-corrected chi connectivity index (χ2v) is 4.90. The number of anilines is 1. The van der Waals surface area contributed by atoms with Gasteiger partial charge in [-0.05, 0) is 37.1 Å². The standard InChI is InChI=1S/C17H20N2O2/c1-3-15(18)17(20)19-13-8-6-9-14(11-13)21-16-10-5-4-7-12(16)2/h4-11,15H,3,18H2,1-2H3,(H,19,20). The Bertz CT molecular complexity index is 626. The number of hydrogen-bond donors (Lipinski definition) is 2. The lowest BCUT2D eigenvalue weighted by Crippen LogP contribution is -2.34. The predicted molar refractivity (Wildman–Crippen MR) is 84.6 cm³/mol. The first kappa shape index (κ1) is 15.1. The molecule has 0 aliphatic carbocycles. The van der Waals surface area contributed by atoms with Gasteiger partial charge < -0.3 is 15.8 Å². The van der Waals surface area contributed by atoms with E-state index < -0.39 is 6.04 Å². The molecule has 21 heavy (non-hydrogen) atoms. The van der Waals surface area contributed by atoms with Crippen LogP contribution in [0.3, 0.4) is 0 Å². The van der Waals surface area contributed by atoms with Crippen LogP contribution < -0.4 is 15.8 Å². The van der Waals surface area contributed by atoms with Crippen LogP contribution in [-0.4, -0.2) is 11.9 Å². The summed E-state index contributed by atoms with van der Waals surface area (Å²) in [6.07, 6.45) is 0.602. The van der Waals surface area contributed by atoms with E-state index in [1.807, 2.05) is 56.3 Å². The molecule has 0 radical (unpaired) electrons. The zero-order valence-electron chi connectivity index (χ0n) is 12.3. The van der Waals surface area contributed by atoms with Crippen molar-refractivity contribution in [2.75, 3.05) is 5.32 Å². The Morgan fingerprint density at radius 2 is 2.00 bits per heavy atom. The summed E-state index contributed by atoms with van der Waals surface area (Å²) in [7, 11) is 0. The van der Waals surface area contributed by atoms with Crippen molar-refractivity contribution in [3.05, 3.63) is 54.1 Å². The molecule has 3 N–H and O–H groups in total. The molecule has 110 valence electrons. The number of aryl methyl sites for hydroxylation is 1. The van der Waals surface area contributed by atoms with E-state index in [-0.39, 0.29) is 5.91 Å². The molecule has 0 aliphatic heterocycles. The van der Waals surface area contributed by atoms with Crippen molar-refractivity contribution < 1.29 is 9.53 Å². The molecule has 2 aromatic rings. The van der Waals surface area contributed by atoms with Crippen molar-refractivity contribution in [1.82, 2.24) is 0 Å². The molecule has 0 fully saturated rings. The van der Waals surface area contributed by atoms with Gasteiger partial charge in [0, 0.05) is 11.8 Å². The smallest absolute Gasteiger partial charge is 0.241 e. The van der Waals surface area contributed by atoms with Gasteiger partial charge in [-0.1, -0.05) is 31.2 Å². The minimum absolute atomic E-state index is 0.189. The zero-order chi connectivity index (χ0) is 15.2. The largest absolute Gasteiger partial charge is 0.457 e. The molecule has 1 atom stereocenters. The number of nitrogens with two attached hydrogens (primary N) is 1. The Labute approximate surface area is 124 Å². The van der Waals surface area contributed by atoms with Crippen LogP contribution >= 0.6 is 0 Å². The van der Waals surface area contributed by atoms with Gasteiger partial charge >= 0.3 is 0 Å². The Morgan fingerprint density at radius 3 is 2.71 bits per heavy atom. The van der Waals surface area contributed by atoms with Gasteiger partial charge in [0.25, 0.3) is 0 Å². The van der Waals surface area contributed by atoms with Gasteiger partial charge in [0.2, 0.25) is 5.91 Å². The lowest BCUT2D eigenvalue weighted by atomic mass is 10.2. The van der Waals surface area contributed by atoms with Crippen molar-refractivity contribution in [1.29, 1.82) is 0 Å². The van der Waals surface area contributed by atoms with Crippen molar-refractivity contribution in [3.63, 3.8) is 0 Å². The summed E-state index contributed by atoms with van der Waals surface area (Å²) in [6.45, 7) is 3.86. The molecule has 2 aromatic carbocycles. The van der Waals surface area contributed by atoms with E-state index in [9.17, 15) is 4.79 Å². The van der Waals surface area contributed by atoms with Crippen molar-refractivity contribution >= 4 is 11.6 Å². The van der Waals surface area contributed by atoms with E-state index in [1.165, 1.54) is 0 Å². The van der Waals surface area contributed by atoms with E-state index in [2.05, 4.69) is 5.32 Å². The van der Waals surface area contributed by atoms with E-state index >= 15 is 0 Å². The molecule has 1 unspecified atom stereocenters. The number of nitrogens with one attached hydrogen (secondary N) is 1. The maximum absolute atomic E-state index is 11.8. The number of rotatable bonds is 5. The summed E-state index contributed by atoms with van der Waals surface area (Å²) in [6, 6.07) is 14.6. The number of carbonyl (C=O) groups is 1. The van der Waals surface area contributed by atoms with Crippen molar-refractivity contribution in [2.24, 2.45) is 5.73 Å². The summed E-state index contributed by atoms with van der Waals surface area (Å²) in [5, 5.41) is 2.79. The van der Waals surface area contributed by atoms with Crippen LogP contribution in [0.1, 0.15) is 18.9 Å². The molecule has 4 nitrogen and oxygen atoms in total. The number of hydrogen-bond acceptors (Lipinski definition) is 3. The molecule has 0 spiro atoms. The van der Waals surface area contributed by atoms with Gasteiger partial charge in [-0.2, -0.15) is 0 Å². The molecule has 0 saturated heterocycles. The first-order valence-corrected chi connectivity index (χ1v) is 7.00. The molecular weight excluding hydrogens is 264 g/mol. The molecule has 0 heterocycles. The SMILES string of the molecule is CCC(N)C(=O)Nc1cccc(Oc2ccccc2C)c1. The topological polar surface area (TPSA) is 64.4 Å². The highest BCUT2D eigenvalue weighted by Crippen LogP contribution is 2.26. The van der Waals surface area contributed by atoms with Gasteiger partial charge in [-0.3, -0.25) is 4.79 Å². The lowest BCUT2D eigenvalue weighted by Gasteiger charge is -2.12. The molecule has 0 aromatic heterocycles. The number of ether oxygens (including phenoxy) is 1. The average Bonchev–Trinajstić information content (AvgIpc) is 2.49. The third-order valence-electron chi connectivity index (χ3n) is 3.20. The average molecular weight is 284 g/mol. The van der Waals surface area contributed by atoms with E-state index in [0.717, 1.165) is 11.3 Å². The fourth-order valence-electron chi connectivity index (χ4n) is 1.86. The maximum Gasteiger partial charge on any atom is 0.241 e. The van der Waals surface area contributed by atoms with Gasteiger partial charge in [-0.25, -0.2) is 0 Å². The van der Waals surface area contributed by atoms with Crippen LogP contribution in [0.2, 0.25) is 0 Å². The van der Waals surface area contributed by atoms with Crippen LogP contribution in [0.25, 0.3) is 0 Å². The highest BCUT2D eigenvalue weighted by molar-refractivity contribution is 5.94. The molecule has 4 heteroatoms. The molecule has 1 amide bonds. The van der Waals surface area contributed by atoms with E-state index in [0.29, 0.717) is 17.9 Å². The Morgan fingerprint density at radius 1 is 1.24 bits per heavy atom. The predicted octanol–water partition coefficient (Wildman–Crippen LogP) is 3.46. The number of para-hydroxylation sites is 1. The minimum atomic E-state index is -0.494. The summed E-state index contributed by atoms with van der Waals surface area (Å²) in [5.41, 5.74) is 7.43. The summed E-state index contributed by atoms with van der Waals surface area (Å²) in [5.74, 6) is 1.28. The summed E-state index contributed by atoms with van der Waals surface area (Å²) < 4.78 is 5.84. The second-order valence-electron chi connectivity index (χ2n) is 4.90. The van der Waals surface area contributed by atoms with Crippen LogP contribution in [0.5, 0.6) is 11.5 Å². The monoisotopic (exact) mass is 284 g/mol. The Balaban J connectivity index is 2.11. The Kier molecular flexibility index (Phi) is 4.95. The van der Waals surface area contributed by atoms with E-state index in [4.69, 9.17) is 10.5 Å².